The molecular formula is C34H28N8O15S4. The molecule has 0 spiro atoms. The predicted molar refractivity (Wildman–Crippen MR) is 215 cm³/mol. The van der Waals surface area contributed by atoms with Crippen LogP contribution in [-0.4, -0.2) is 83.8 Å². The van der Waals surface area contributed by atoms with E-state index in [0.717, 1.165) is 6.07 Å². The summed E-state index contributed by atoms with van der Waals surface area (Å²) in [4.78, 5) is 35.3. The van der Waals surface area contributed by atoms with E-state index in [1.54, 1.807) is 25.1 Å². The molecule has 0 unspecified atom stereocenters. The maximum Gasteiger partial charge on any atom is 0.296 e. The minimum absolute atomic E-state index is 0.0714. The number of rotatable bonds is 12. The Kier molecular flexibility index (Phi) is 10.4. The molecule has 61 heavy (non-hydrogen) atoms. The van der Waals surface area contributed by atoms with Gasteiger partial charge < -0.3 is 31.0 Å². The van der Waals surface area contributed by atoms with Gasteiger partial charge in [-0.05, 0) is 55.0 Å². The zero-order valence-corrected chi connectivity index (χ0v) is 34.1. The van der Waals surface area contributed by atoms with Gasteiger partial charge in [-0.2, -0.15) is 48.6 Å². The van der Waals surface area contributed by atoms with Crippen LogP contribution in [0.4, 0.5) is 40.6 Å². The topological polar surface area (TPSA) is 367 Å². The Morgan fingerprint density at radius 3 is 1.75 bits per heavy atom. The fourth-order valence-electron chi connectivity index (χ4n) is 6.58. The number of aromatic nitrogens is 4. The number of anilines is 7. The Morgan fingerprint density at radius 1 is 0.639 bits per heavy atom. The number of nitrogens with two attached hydrogens (primary N) is 1. The molecule has 0 bridgehead atoms. The zero-order valence-electron chi connectivity index (χ0n) is 30.8. The quantitative estimate of drug-likeness (QED) is 0.0816. The van der Waals surface area contributed by atoms with Crippen molar-refractivity contribution in [1.29, 1.82) is 0 Å². The van der Waals surface area contributed by atoms with Gasteiger partial charge in [0.1, 0.15) is 14.7 Å². The number of hydrogen-bond donors (Lipinski definition) is 8. The maximum atomic E-state index is 14.3. The Balaban J connectivity index is 1.40. The lowest BCUT2D eigenvalue weighted by Gasteiger charge is -2.26. The van der Waals surface area contributed by atoms with Crippen LogP contribution in [-0.2, 0) is 47.5 Å². The number of nitrogens with zero attached hydrogens (tertiary/aromatic N) is 4. The molecule has 0 atom stereocenters. The lowest BCUT2D eigenvalue weighted by Crippen LogP contribution is -2.24. The van der Waals surface area contributed by atoms with Crippen molar-refractivity contribution in [2.24, 2.45) is 7.05 Å². The summed E-state index contributed by atoms with van der Waals surface area (Å²) in [7, 11) is -19.3. The Morgan fingerprint density at radius 2 is 1.20 bits per heavy atom. The first-order valence-electron chi connectivity index (χ1n) is 16.9. The minimum Gasteiger partial charge on any atom is -0.488 e. The predicted octanol–water partition coefficient (Wildman–Crippen LogP) is 3.13. The SMILES string of the molecule is CCOc1c2c3c(c(Nc4cc(Nc5nc(N)nc(Nc6cc(S(=O)(=O)O)ccc6S(=O)(=O)O)n5)c(S(=O)(=O)O)cc4S(=O)(=O)O)ccc3n(C)c1=O)C(=O)c1ccccc1-2. The molecule has 0 saturated carbocycles. The Labute approximate surface area is 344 Å². The number of hydrogen-bond acceptors (Lipinski definition) is 18. The Bertz CT molecular complexity index is 3430. The molecule has 7 rings (SSSR count). The standard InChI is InChI=1S/C34H28N8O15S4/c1-3-57-30-26-16-6-4-5-7-17(16)29(43)27-18(9-10-22(28(26)27)42(2)31(30)44)36-20-13-21(25(61(54,55)56)14-24(20)60(51,52)53)38-34-40-32(35)39-33(41-34)37-19-12-15(58(45,46)47)8-11-23(19)59(48,49)50/h4-14,36H,3H2,1-2H3,(H,45,46,47)(H,48,49,50)(H,51,52,53)(H,54,55,56)(H4,35,37,38,39,40,41). The van der Waals surface area contributed by atoms with Gasteiger partial charge in [0.25, 0.3) is 46.0 Å². The van der Waals surface area contributed by atoms with Crippen LogP contribution in [0.2, 0.25) is 0 Å². The van der Waals surface area contributed by atoms with E-state index in [1.165, 1.54) is 29.8 Å². The van der Waals surface area contributed by atoms with Crippen molar-refractivity contribution in [2.75, 3.05) is 28.3 Å². The van der Waals surface area contributed by atoms with Crippen LogP contribution in [0.5, 0.6) is 5.75 Å². The highest BCUT2D eigenvalue weighted by Crippen LogP contribution is 2.46. The first-order chi connectivity index (χ1) is 28.4. The van der Waals surface area contributed by atoms with Gasteiger partial charge in [-0.15, -0.1) is 0 Å². The number of benzene rings is 4. The first kappa shape index (κ1) is 42.5. The van der Waals surface area contributed by atoms with Crippen LogP contribution >= 0.6 is 0 Å². The van der Waals surface area contributed by atoms with Crippen molar-refractivity contribution < 1.29 is 61.4 Å². The second-order valence-electron chi connectivity index (χ2n) is 12.9. The summed E-state index contributed by atoms with van der Waals surface area (Å²) in [5, 5.41) is 7.67. The first-order valence-corrected chi connectivity index (χ1v) is 22.7. The van der Waals surface area contributed by atoms with Crippen molar-refractivity contribution in [3.05, 3.63) is 88.2 Å². The minimum atomic E-state index is -5.39. The van der Waals surface area contributed by atoms with E-state index >= 15 is 0 Å². The van der Waals surface area contributed by atoms with Gasteiger partial charge in [0.05, 0.1) is 45.3 Å². The summed E-state index contributed by atoms with van der Waals surface area (Å²) in [5.74, 6) is -2.69. The van der Waals surface area contributed by atoms with E-state index in [1.807, 2.05) is 0 Å². The summed E-state index contributed by atoms with van der Waals surface area (Å²) in [6.45, 7) is 1.73. The lowest BCUT2D eigenvalue weighted by atomic mass is 9.82. The van der Waals surface area contributed by atoms with Crippen LogP contribution in [0, 0.1) is 0 Å². The van der Waals surface area contributed by atoms with Gasteiger partial charge in [0, 0.05) is 23.6 Å². The highest BCUT2D eigenvalue weighted by Gasteiger charge is 2.34. The van der Waals surface area contributed by atoms with E-state index in [9.17, 15) is 61.5 Å². The molecule has 0 aliphatic heterocycles. The van der Waals surface area contributed by atoms with Crippen LogP contribution in [0.15, 0.2) is 91.1 Å². The van der Waals surface area contributed by atoms with Crippen LogP contribution in [0.3, 0.4) is 0 Å². The summed E-state index contributed by atoms with van der Waals surface area (Å²) in [6.07, 6.45) is 0. The summed E-state index contributed by atoms with van der Waals surface area (Å²) >= 11 is 0. The second-order valence-corrected chi connectivity index (χ2v) is 18.5. The van der Waals surface area contributed by atoms with Gasteiger partial charge in [0.2, 0.25) is 17.8 Å². The summed E-state index contributed by atoms with van der Waals surface area (Å²) in [6, 6.07) is 12.2. The van der Waals surface area contributed by atoms with Crippen molar-refractivity contribution >= 4 is 97.8 Å². The molecule has 27 heteroatoms. The molecule has 0 fully saturated rings. The smallest absolute Gasteiger partial charge is 0.296 e. The molecule has 1 aliphatic carbocycles. The van der Waals surface area contributed by atoms with E-state index in [2.05, 4.69) is 30.9 Å². The molecule has 1 aliphatic rings. The number of carbonyl (C=O) groups excluding carboxylic acids is 1. The molecular weight excluding hydrogens is 889 g/mol. The number of carbonyl (C=O) groups is 1. The molecule has 9 N–H and O–H groups in total. The highest BCUT2D eigenvalue weighted by molar-refractivity contribution is 7.87. The van der Waals surface area contributed by atoms with Crippen molar-refractivity contribution in [3.8, 4) is 16.9 Å². The molecule has 318 valence electrons. The fourth-order valence-corrected chi connectivity index (χ4v) is 9.10. The van der Waals surface area contributed by atoms with Crippen LogP contribution in [0.25, 0.3) is 22.0 Å². The van der Waals surface area contributed by atoms with Gasteiger partial charge in [-0.1, -0.05) is 24.3 Å². The number of aryl methyl sites for hydroxylation is 1. The summed E-state index contributed by atoms with van der Waals surface area (Å²) in [5.41, 5.74) is 4.15. The van der Waals surface area contributed by atoms with Crippen LogP contribution in [0.1, 0.15) is 22.8 Å². The molecule has 2 aromatic heterocycles. The molecule has 0 radical (unpaired) electrons. The molecule has 4 aromatic carbocycles. The van der Waals surface area contributed by atoms with Gasteiger partial charge in [-0.3, -0.25) is 27.8 Å². The van der Waals surface area contributed by atoms with Crippen molar-refractivity contribution in [2.45, 2.75) is 26.5 Å². The van der Waals surface area contributed by atoms with E-state index in [0.29, 0.717) is 29.8 Å². The van der Waals surface area contributed by atoms with E-state index < -0.39 is 106 Å². The Hall–Kier alpha value is -6.59. The molecule has 23 nitrogen and oxygen atoms in total. The van der Waals surface area contributed by atoms with Gasteiger partial charge in [0.15, 0.2) is 11.5 Å². The van der Waals surface area contributed by atoms with Gasteiger partial charge in [-0.25, -0.2) is 0 Å². The number of nitrogens with one attached hydrogen (secondary N) is 3. The molecule has 6 aromatic rings. The average Bonchev–Trinajstić information content (AvgIpc) is 3.14. The van der Waals surface area contributed by atoms with Crippen molar-refractivity contribution in [3.63, 3.8) is 0 Å². The number of pyridine rings is 1. The van der Waals surface area contributed by atoms with Crippen LogP contribution < -0.4 is 32.0 Å². The number of fused-ring (bicyclic) bond motifs is 2. The third kappa shape index (κ3) is 7.93. The van der Waals surface area contributed by atoms with Gasteiger partial charge >= 0.3 is 0 Å². The average molecular weight is 917 g/mol. The largest absolute Gasteiger partial charge is 0.488 e. The number of ketones is 1. The third-order valence-electron chi connectivity index (χ3n) is 9.06. The molecule has 0 saturated heterocycles. The number of nitrogen functional groups attached to an aromatic ring is 1. The summed E-state index contributed by atoms with van der Waals surface area (Å²) < 4.78 is 146. The third-order valence-corrected chi connectivity index (χ3v) is 12.6. The number of ether oxygens (including phenoxy) is 1. The monoisotopic (exact) mass is 916 g/mol. The highest BCUT2D eigenvalue weighted by atomic mass is 32.2. The lowest BCUT2D eigenvalue weighted by molar-refractivity contribution is 0.104. The molecule has 2 heterocycles. The van der Waals surface area contributed by atoms with Crippen molar-refractivity contribution in [1.82, 2.24) is 19.5 Å². The van der Waals surface area contributed by atoms with E-state index in [4.69, 9.17) is 10.5 Å². The second kappa shape index (κ2) is 14.8. The fraction of sp³-hybridized carbons (Fsp3) is 0.0882. The zero-order chi connectivity index (χ0) is 44.6. The maximum absolute atomic E-state index is 14.3. The normalized spacial score (nSPS) is 12.9. The molecule has 0 amide bonds. The van der Waals surface area contributed by atoms with E-state index in [-0.39, 0.29) is 45.6 Å².